The Labute approximate surface area is 247 Å². The lowest BCUT2D eigenvalue weighted by atomic mass is 10.1. The number of pyridine rings is 1. The molecule has 5 aromatic rings. The second kappa shape index (κ2) is 11.8. The van der Waals surface area contributed by atoms with Gasteiger partial charge >= 0.3 is 5.97 Å². The molecule has 3 heterocycles. The van der Waals surface area contributed by atoms with Crippen LogP contribution in [0.3, 0.4) is 0 Å². The van der Waals surface area contributed by atoms with Crippen molar-refractivity contribution in [3.05, 3.63) is 109 Å². The van der Waals surface area contributed by atoms with Gasteiger partial charge in [0, 0.05) is 48.5 Å². The van der Waals surface area contributed by atoms with Crippen LogP contribution in [-0.4, -0.2) is 62.5 Å². The molecule has 1 aliphatic rings. The van der Waals surface area contributed by atoms with E-state index in [1.807, 2.05) is 30.3 Å². The monoisotopic (exact) mass is 603 g/mol. The molecule has 3 aromatic carbocycles. The van der Waals surface area contributed by atoms with Crippen LogP contribution in [0.25, 0.3) is 10.9 Å². The third kappa shape index (κ3) is 6.06. The first kappa shape index (κ1) is 28.3. The lowest BCUT2D eigenvalue weighted by Crippen LogP contribution is -2.39. The fourth-order valence-corrected chi connectivity index (χ4v) is 6.97. The Hall–Kier alpha value is -4.81. The molecule has 0 radical (unpaired) electrons. The van der Waals surface area contributed by atoms with Crippen LogP contribution in [0.2, 0.25) is 0 Å². The van der Waals surface area contributed by atoms with Crippen LogP contribution in [-0.2, 0) is 21.2 Å². The van der Waals surface area contributed by atoms with Crippen LogP contribution in [0.15, 0.2) is 102 Å². The summed E-state index contributed by atoms with van der Waals surface area (Å²) in [5, 5.41) is 14.4. The fraction of sp³-hybridized carbons (Fsp3) is 0.194. The van der Waals surface area contributed by atoms with Gasteiger partial charge in [-0.1, -0.05) is 24.3 Å². The quantitative estimate of drug-likeness (QED) is 0.224. The summed E-state index contributed by atoms with van der Waals surface area (Å²) in [4.78, 5) is 15.8. The van der Waals surface area contributed by atoms with Gasteiger partial charge in [-0.05, 0) is 42.8 Å². The van der Waals surface area contributed by atoms with E-state index in [-0.39, 0.29) is 30.2 Å². The first-order valence-corrected chi connectivity index (χ1v) is 15.0. The summed E-state index contributed by atoms with van der Waals surface area (Å²) in [5.74, 6) is 0.128. The number of aliphatic carboxylic acids is 1. The van der Waals surface area contributed by atoms with Gasteiger partial charge in [-0.3, -0.25) is 9.48 Å². The van der Waals surface area contributed by atoms with Crippen molar-refractivity contribution < 1.29 is 32.2 Å². The van der Waals surface area contributed by atoms with Crippen LogP contribution in [0.4, 0.5) is 4.39 Å². The number of halogens is 1. The Kier molecular flexibility index (Phi) is 7.78. The van der Waals surface area contributed by atoms with E-state index in [2.05, 4.69) is 14.8 Å². The molecule has 6 rings (SSSR count). The minimum atomic E-state index is -4.01. The van der Waals surface area contributed by atoms with Crippen molar-refractivity contribution in [2.24, 2.45) is 0 Å². The molecule has 0 spiro atoms. The van der Waals surface area contributed by atoms with Gasteiger partial charge in [-0.25, -0.2) is 17.8 Å². The Morgan fingerprint density at radius 1 is 1.00 bits per heavy atom. The molecule has 0 unspecified atom stereocenters. The highest BCUT2D eigenvalue weighted by Crippen LogP contribution is 2.36. The number of carbonyl (C=O) groups is 1. The maximum absolute atomic E-state index is 14.3. The molecule has 1 saturated heterocycles. The van der Waals surface area contributed by atoms with Gasteiger partial charge in [0.25, 0.3) is 11.5 Å². The first-order valence-electron chi connectivity index (χ1n) is 13.6. The Balaban J connectivity index is 1.32. The van der Waals surface area contributed by atoms with Gasteiger partial charge in [0.1, 0.15) is 12.4 Å². The van der Waals surface area contributed by atoms with Crippen LogP contribution < -0.4 is 4.74 Å². The number of aromatic nitrogens is 3. The van der Waals surface area contributed by atoms with Crippen molar-refractivity contribution in [2.75, 3.05) is 13.2 Å². The number of fused-ring (bicyclic) bond motifs is 1. The zero-order valence-corrected chi connectivity index (χ0v) is 23.6. The van der Waals surface area contributed by atoms with Crippen LogP contribution in [0, 0.1) is 5.82 Å². The molecule has 2 N–H and O–H groups in total. The van der Waals surface area contributed by atoms with Gasteiger partial charge < -0.3 is 14.6 Å². The van der Waals surface area contributed by atoms with E-state index in [0.29, 0.717) is 29.0 Å². The molecule has 2 atom stereocenters. The molecule has 1 aliphatic heterocycles. The van der Waals surface area contributed by atoms with Crippen molar-refractivity contribution in [3.63, 3.8) is 0 Å². The third-order valence-electron chi connectivity index (χ3n) is 7.27. The van der Waals surface area contributed by atoms with Crippen molar-refractivity contribution in [2.45, 2.75) is 29.8 Å². The predicted octanol–water partition coefficient (Wildman–Crippen LogP) is 4.94. The van der Waals surface area contributed by atoms with Crippen molar-refractivity contribution in [1.29, 1.82) is 0 Å². The summed E-state index contributed by atoms with van der Waals surface area (Å²) in [6.07, 6.45) is 1.53. The highest BCUT2D eigenvalue weighted by Gasteiger charge is 2.42. The molecular weight excluding hydrogens is 575 g/mol. The minimum Gasteiger partial charge on any atom is -0.546 e. The van der Waals surface area contributed by atoms with E-state index in [1.165, 1.54) is 34.6 Å². The number of aromatic hydroxyl groups is 2. The highest BCUT2D eigenvalue weighted by atomic mass is 32.2. The molecule has 0 bridgehead atoms. The van der Waals surface area contributed by atoms with Gasteiger partial charge in [-0.2, -0.15) is 9.40 Å². The summed E-state index contributed by atoms with van der Waals surface area (Å²) >= 11 is 0. The molecule has 1 fully saturated rings. The number of nitrogens with zero attached hydrogens (tertiary/aromatic N) is 4. The topological polar surface area (TPSA) is 127 Å². The molecule has 220 valence electrons. The average Bonchev–Trinajstić information content (AvgIpc) is 3.59. The lowest BCUT2D eigenvalue weighted by Gasteiger charge is -2.23. The van der Waals surface area contributed by atoms with Gasteiger partial charge in [0.15, 0.2) is 0 Å². The maximum atomic E-state index is 14.3. The Morgan fingerprint density at radius 2 is 1.74 bits per heavy atom. The standard InChI is InChI=1S/C31H27FN4O6S/c32-21-9-14-27-28(18-31(37)38)34-36(29(27)16-21)22-17-23(20-41-30-8-4-5-15-33-30)35(19-22)43(39,40)26-12-10-25(11-13-26)42-24-6-2-1-3-7-24/h1-16,22-23H,17-20H2,(H,37,38)/p+1/t22-,23-/m1/s1. The third-order valence-corrected chi connectivity index (χ3v) is 9.20. The number of sulfonamides is 1. The van der Waals surface area contributed by atoms with Gasteiger partial charge in [0.2, 0.25) is 15.9 Å². The number of benzene rings is 3. The number of para-hydroxylation sites is 1. The summed E-state index contributed by atoms with van der Waals surface area (Å²) < 4.78 is 55.7. The normalized spacial score (nSPS) is 17.2. The summed E-state index contributed by atoms with van der Waals surface area (Å²) in [6, 6.07) is 23.8. The summed E-state index contributed by atoms with van der Waals surface area (Å²) in [7, 11) is -4.01. The van der Waals surface area contributed by atoms with Crippen LogP contribution in [0.1, 0.15) is 18.2 Å². The molecule has 43 heavy (non-hydrogen) atoms. The number of hydrogen-bond acceptors (Lipinski definition) is 6. The van der Waals surface area contributed by atoms with Gasteiger partial charge in [-0.15, -0.1) is 0 Å². The molecule has 0 aliphatic carbocycles. The van der Waals surface area contributed by atoms with E-state index < -0.39 is 33.9 Å². The summed E-state index contributed by atoms with van der Waals surface area (Å²) in [5.41, 5.74) is 0.680. The second-order valence-corrected chi connectivity index (χ2v) is 12.1. The number of rotatable bonds is 10. The van der Waals surface area contributed by atoms with E-state index in [0.717, 1.165) is 5.75 Å². The summed E-state index contributed by atoms with van der Waals surface area (Å²) in [6.45, 7) is 0.0399. The maximum Gasteiger partial charge on any atom is 0.309 e. The Morgan fingerprint density at radius 3 is 2.47 bits per heavy atom. The smallest absolute Gasteiger partial charge is 0.309 e. The fourth-order valence-electron chi connectivity index (χ4n) is 5.31. The van der Waals surface area contributed by atoms with Crippen molar-refractivity contribution in [1.82, 2.24) is 19.1 Å². The zero-order chi connectivity index (χ0) is 30.0. The molecule has 0 amide bonds. The molecule has 10 nitrogen and oxygen atoms in total. The molecule has 12 heteroatoms. The van der Waals surface area contributed by atoms with E-state index in [4.69, 9.17) is 4.74 Å². The van der Waals surface area contributed by atoms with Gasteiger partial charge in [0.05, 0.1) is 34.6 Å². The highest BCUT2D eigenvalue weighted by molar-refractivity contribution is 7.89. The number of ether oxygens (including phenoxy) is 2. The van der Waals surface area contributed by atoms with Crippen LogP contribution in [0.5, 0.6) is 17.4 Å². The van der Waals surface area contributed by atoms with E-state index in [9.17, 15) is 22.7 Å². The Bertz CT molecular complexity index is 1850. The number of hydrogen-bond donors (Lipinski definition) is 1. The number of carboxylic acids is 1. The zero-order valence-electron chi connectivity index (χ0n) is 22.8. The average molecular weight is 604 g/mol. The molecule has 2 aromatic heterocycles. The largest absolute Gasteiger partial charge is 0.546 e. The number of carboxylic acid groups (broad SMARTS) is 1. The van der Waals surface area contributed by atoms with E-state index in [1.54, 1.807) is 41.2 Å². The SMILES string of the molecule is O=C(O)Cc1nn([C@@H]2C[C@H](COc3ccccn3)N(S(=O)(=O)c3ccc([OH+]c4ccccc4)cc3)C2)c2cc(F)ccc12. The van der Waals surface area contributed by atoms with E-state index >= 15 is 0 Å². The molecule has 0 saturated carbocycles. The first-order chi connectivity index (χ1) is 20.8. The minimum absolute atomic E-state index is 0.0176. The lowest BCUT2D eigenvalue weighted by molar-refractivity contribution is -0.136. The van der Waals surface area contributed by atoms with Crippen LogP contribution >= 0.6 is 0 Å². The van der Waals surface area contributed by atoms with Crippen molar-refractivity contribution in [3.8, 4) is 17.4 Å². The predicted molar refractivity (Wildman–Crippen MR) is 156 cm³/mol. The second-order valence-electron chi connectivity index (χ2n) is 10.2. The molecular formula is C31H28FN4O6S+. The van der Waals surface area contributed by atoms with Crippen molar-refractivity contribution >= 4 is 26.9 Å².